The predicted octanol–water partition coefficient (Wildman–Crippen LogP) is 2.38. The summed E-state index contributed by atoms with van der Waals surface area (Å²) in [5, 5.41) is 0. The molecular weight excluding hydrogens is 240 g/mol. The van der Waals surface area contributed by atoms with Gasteiger partial charge in [0.05, 0.1) is 0 Å². The second kappa shape index (κ2) is 7.77. The molecule has 4 heteroatoms. The molecule has 0 amide bonds. The van der Waals surface area contributed by atoms with Gasteiger partial charge in [-0.25, -0.2) is 4.79 Å². The van der Waals surface area contributed by atoms with Crippen LogP contribution in [-0.2, 0) is 13.6 Å². The van der Waals surface area contributed by atoms with Gasteiger partial charge in [0.25, 0.3) is 5.56 Å². The minimum Gasteiger partial charge on any atom is -0.303 e. The van der Waals surface area contributed by atoms with Crippen molar-refractivity contribution in [2.24, 2.45) is 7.05 Å². The zero-order chi connectivity index (χ0) is 14.3. The summed E-state index contributed by atoms with van der Waals surface area (Å²) in [6.45, 7) is 4.38. The lowest BCUT2D eigenvalue weighted by Gasteiger charge is -2.08. The molecule has 0 aliphatic heterocycles. The Balaban J connectivity index is 2.53. The van der Waals surface area contributed by atoms with E-state index < -0.39 is 0 Å². The number of aromatic nitrogens is 2. The van der Waals surface area contributed by atoms with E-state index in [1.165, 1.54) is 9.13 Å². The molecule has 0 saturated heterocycles. The number of hydrogen-bond donors (Lipinski definition) is 0. The molecule has 4 nitrogen and oxygen atoms in total. The van der Waals surface area contributed by atoms with Crippen LogP contribution >= 0.6 is 0 Å². The highest BCUT2D eigenvalue weighted by Crippen LogP contribution is 2.02. The Morgan fingerprint density at radius 2 is 1.89 bits per heavy atom. The molecule has 1 aromatic rings. The van der Waals surface area contributed by atoms with Gasteiger partial charge in [0.2, 0.25) is 0 Å². The highest BCUT2D eigenvalue weighted by molar-refractivity contribution is 5.02. The Labute approximate surface area is 114 Å². The van der Waals surface area contributed by atoms with E-state index in [9.17, 15) is 9.59 Å². The van der Waals surface area contributed by atoms with Gasteiger partial charge in [0, 0.05) is 25.4 Å². The van der Waals surface area contributed by atoms with Gasteiger partial charge in [0.1, 0.15) is 0 Å². The number of aryl methyl sites for hydroxylation is 2. The van der Waals surface area contributed by atoms with Crippen LogP contribution in [0.25, 0.3) is 0 Å². The second-order valence-corrected chi connectivity index (χ2v) is 4.89. The molecule has 0 saturated carbocycles. The van der Waals surface area contributed by atoms with Crippen LogP contribution < -0.4 is 11.2 Å². The first-order valence-electron chi connectivity index (χ1n) is 7.00. The zero-order valence-electron chi connectivity index (χ0n) is 12.2. The maximum atomic E-state index is 11.9. The molecule has 0 aliphatic rings. The second-order valence-electron chi connectivity index (χ2n) is 4.89. The van der Waals surface area contributed by atoms with Crippen molar-refractivity contribution in [2.45, 2.75) is 52.5 Å². The Bertz CT molecular complexity index is 504. The third-order valence-electron chi connectivity index (χ3n) is 3.16. The molecule has 0 unspecified atom stereocenters. The van der Waals surface area contributed by atoms with E-state index in [-0.39, 0.29) is 11.2 Å². The summed E-state index contributed by atoms with van der Waals surface area (Å²) in [5.74, 6) is 0. The minimum absolute atomic E-state index is 0.158. The standard InChI is InChI=1S/C15H24N2O2/c1-4-5-6-7-8-9-10-11-17-14(18)13(2)12-16(3)15(17)19/h5-6,12H,4,7-11H2,1-3H3/b6-5-. The van der Waals surface area contributed by atoms with E-state index in [0.717, 1.165) is 32.1 Å². The number of nitrogens with zero attached hydrogens (tertiary/aromatic N) is 2. The topological polar surface area (TPSA) is 44.0 Å². The van der Waals surface area contributed by atoms with Crippen LogP contribution in [0.1, 0.15) is 44.6 Å². The molecule has 19 heavy (non-hydrogen) atoms. The van der Waals surface area contributed by atoms with Crippen molar-refractivity contribution in [1.82, 2.24) is 9.13 Å². The molecule has 0 N–H and O–H groups in total. The molecule has 0 aromatic carbocycles. The maximum Gasteiger partial charge on any atom is 0.330 e. The lowest BCUT2D eigenvalue weighted by atomic mass is 10.2. The van der Waals surface area contributed by atoms with E-state index >= 15 is 0 Å². The number of unbranched alkanes of at least 4 members (excludes halogenated alkanes) is 3. The number of rotatable bonds is 7. The van der Waals surface area contributed by atoms with Crippen LogP contribution in [0.5, 0.6) is 0 Å². The van der Waals surface area contributed by atoms with E-state index in [4.69, 9.17) is 0 Å². The van der Waals surface area contributed by atoms with Crippen LogP contribution in [0.4, 0.5) is 0 Å². The fourth-order valence-electron chi connectivity index (χ4n) is 2.08. The van der Waals surface area contributed by atoms with Crippen molar-refractivity contribution < 1.29 is 0 Å². The summed E-state index contributed by atoms with van der Waals surface area (Å²) in [7, 11) is 1.68. The Kier molecular flexibility index (Phi) is 6.33. The maximum absolute atomic E-state index is 11.9. The van der Waals surface area contributed by atoms with Crippen molar-refractivity contribution in [1.29, 1.82) is 0 Å². The van der Waals surface area contributed by atoms with Crippen LogP contribution in [0.3, 0.4) is 0 Å². The number of allylic oxidation sites excluding steroid dienone is 2. The van der Waals surface area contributed by atoms with E-state index in [0.29, 0.717) is 12.1 Å². The highest BCUT2D eigenvalue weighted by atomic mass is 16.2. The molecule has 0 aliphatic carbocycles. The van der Waals surface area contributed by atoms with Gasteiger partial charge in [-0.1, -0.05) is 25.5 Å². The van der Waals surface area contributed by atoms with Gasteiger partial charge >= 0.3 is 5.69 Å². The average molecular weight is 264 g/mol. The summed E-state index contributed by atoms with van der Waals surface area (Å²) in [4.78, 5) is 23.7. The van der Waals surface area contributed by atoms with Crippen LogP contribution in [0.15, 0.2) is 27.9 Å². The van der Waals surface area contributed by atoms with Gasteiger partial charge in [-0.15, -0.1) is 0 Å². The fourth-order valence-corrected chi connectivity index (χ4v) is 2.08. The highest BCUT2D eigenvalue weighted by Gasteiger charge is 2.05. The first kappa shape index (κ1) is 15.5. The lowest BCUT2D eigenvalue weighted by Crippen LogP contribution is -2.39. The van der Waals surface area contributed by atoms with Gasteiger partial charge in [-0.3, -0.25) is 9.36 Å². The summed E-state index contributed by atoms with van der Waals surface area (Å²) in [5.41, 5.74) is 0.239. The molecule has 0 bridgehead atoms. The first-order valence-corrected chi connectivity index (χ1v) is 7.00. The summed E-state index contributed by atoms with van der Waals surface area (Å²) >= 11 is 0. The SMILES string of the molecule is CC/C=C\CCCCCn1c(=O)c(C)cn(C)c1=O. The van der Waals surface area contributed by atoms with Crippen molar-refractivity contribution in [3.05, 3.63) is 44.8 Å². The molecule has 1 aromatic heterocycles. The summed E-state index contributed by atoms with van der Waals surface area (Å²) in [6.07, 6.45) is 11.1. The van der Waals surface area contributed by atoms with Crippen molar-refractivity contribution >= 4 is 0 Å². The molecule has 0 spiro atoms. The van der Waals surface area contributed by atoms with E-state index in [2.05, 4.69) is 19.1 Å². The largest absolute Gasteiger partial charge is 0.330 e. The van der Waals surface area contributed by atoms with Gasteiger partial charge in [0.15, 0.2) is 0 Å². The van der Waals surface area contributed by atoms with Crippen LogP contribution in [0.2, 0.25) is 0 Å². The van der Waals surface area contributed by atoms with E-state index in [1.54, 1.807) is 20.2 Å². The smallest absolute Gasteiger partial charge is 0.303 e. The third-order valence-corrected chi connectivity index (χ3v) is 3.16. The van der Waals surface area contributed by atoms with Crippen molar-refractivity contribution in [2.75, 3.05) is 0 Å². The van der Waals surface area contributed by atoms with Crippen LogP contribution in [-0.4, -0.2) is 9.13 Å². The van der Waals surface area contributed by atoms with Crippen LogP contribution in [0, 0.1) is 6.92 Å². The molecule has 0 fully saturated rings. The zero-order valence-corrected chi connectivity index (χ0v) is 12.2. The van der Waals surface area contributed by atoms with Crippen molar-refractivity contribution in [3.8, 4) is 0 Å². The Morgan fingerprint density at radius 3 is 2.58 bits per heavy atom. The van der Waals surface area contributed by atoms with Gasteiger partial charge < -0.3 is 4.57 Å². The van der Waals surface area contributed by atoms with E-state index in [1.807, 2.05) is 0 Å². The minimum atomic E-state index is -0.221. The number of hydrogen-bond acceptors (Lipinski definition) is 2. The normalized spacial score (nSPS) is 11.3. The molecule has 1 heterocycles. The molecule has 1 rings (SSSR count). The third kappa shape index (κ3) is 4.54. The average Bonchev–Trinajstić information content (AvgIpc) is 2.39. The Morgan fingerprint density at radius 1 is 1.16 bits per heavy atom. The Hall–Kier alpha value is -1.58. The predicted molar refractivity (Wildman–Crippen MR) is 78.6 cm³/mol. The fraction of sp³-hybridized carbons (Fsp3) is 0.600. The quantitative estimate of drug-likeness (QED) is 0.560. The van der Waals surface area contributed by atoms with Crippen molar-refractivity contribution in [3.63, 3.8) is 0 Å². The molecule has 0 atom stereocenters. The molecule has 0 radical (unpaired) electrons. The van der Waals surface area contributed by atoms with Gasteiger partial charge in [-0.05, 0) is 32.6 Å². The first-order chi connectivity index (χ1) is 9.07. The molecule has 106 valence electrons. The van der Waals surface area contributed by atoms with Gasteiger partial charge in [-0.2, -0.15) is 0 Å². The monoisotopic (exact) mass is 264 g/mol. The lowest BCUT2D eigenvalue weighted by molar-refractivity contribution is 0.533. The summed E-state index contributed by atoms with van der Waals surface area (Å²) in [6, 6.07) is 0. The molecular formula is C15H24N2O2. The summed E-state index contributed by atoms with van der Waals surface area (Å²) < 4.78 is 2.82.